The predicted molar refractivity (Wildman–Crippen MR) is 57.5 cm³/mol. The number of alkyl halides is 3. The molecule has 0 radical (unpaired) electrons. The summed E-state index contributed by atoms with van der Waals surface area (Å²) in [6, 6.07) is 5.05. The summed E-state index contributed by atoms with van der Waals surface area (Å²) in [6.45, 7) is 1.39. The van der Waals surface area contributed by atoms with E-state index in [-0.39, 0.29) is 6.54 Å². The third-order valence-corrected chi connectivity index (χ3v) is 1.69. The normalized spacial score (nSPS) is 9.47. The molecule has 0 aliphatic heterocycles. The molecule has 0 aliphatic carbocycles. The van der Waals surface area contributed by atoms with Crippen LogP contribution < -0.4 is 5.32 Å². The van der Waals surface area contributed by atoms with E-state index in [1.54, 1.807) is 6.92 Å². The molecule has 2 N–H and O–H groups in total. The maximum absolute atomic E-state index is 11.9. The topological polar surface area (TPSA) is 66.4 Å². The number of nitrogens with one attached hydrogen (secondary N) is 1. The van der Waals surface area contributed by atoms with Crippen LogP contribution in [0.4, 0.5) is 13.2 Å². The van der Waals surface area contributed by atoms with E-state index in [4.69, 9.17) is 5.11 Å². The van der Waals surface area contributed by atoms with Crippen molar-refractivity contribution in [2.45, 2.75) is 13.1 Å². The van der Waals surface area contributed by atoms with Gasteiger partial charge in [0.1, 0.15) is 0 Å². The number of benzene rings is 1. The number of amides is 1. The van der Waals surface area contributed by atoms with Gasteiger partial charge >= 0.3 is 12.1 Å². The van der Waals surface area contributed by atoms with E-state index in [2.05, 4.69) is 0 Å². The van der Waals surface area contributed by atoms with E-state index in [1.165, 1.54) is 18.5 Å². The first-order valence-corrected chi connectivity index (χ1v) is 4.73. The molecule has 1 amide bonds. The molecule has 0 fully saturated rings. The predicted octanol–water partition coefficient (Wildman–Crippen LogP) is 1.74. The largest absolute Gasteiger partial charge is 0.521 e. The summed E-state index contributed by atoms with van der Waals surface area (Å²) in [5.74, 6) is -1.07. The number of carboxylic acids is 1. The molecule has 4 nitrogen and oxygen atoms in total. The average molecular weight is 519 g/mol. The number of hydrogen-bond acceptors (Lipinski definition) is 2. The summed E-state index contributed by atoms with van der Waals surface area (Å²) in [6.07, 6.45) is -3.00. The molecule has 1 aromatic carbocycles. The minimum atomic E-state index is -4.21. The Morgan fingerprint density at radius 2 is 1.79 bits per heavy atom. The molecule has 0 unspecified atom stereocenters. The summed E-state index contributed by atoms with van der Waals surface area (Å²) >= 11 is 0. The molecule has 0 spiro atoms. The van der Waals surface area contributed by atoms with Crippen molar-refractivity contribution in [2.75, 3.05) is 6.54 Å². The third-order valence-electron chi connectivity index (χ3n) is 1.69. The average Bonchev–Trinajstić information content (AvgIpc) is 2.26. The Balaban J connectivity index is 0. The summed E-state index contributed by atoms with van der Waals surface area (Å²) in [7, 11) is 0. The van der Waals surface area contributed by atoms with Gasteiger partial charge in [-0.3, -0.25) is 4.79 Å². The second-order valence-electron chi connectivity index (χ2n) is 3.21. The van der Waals surface area contributed by atoms with Gasteiger partial charge in [-0.25, -0.2) is 0 Å². The minimum absolute atomic E-state index is 0. The summed E-state index contributed by atoms with van der Waals surface area (Å²) in [5.41, 5.74) is 0.237. The number of carbonyl (C=O) groups is 1. The SMILES string of the molecule is Cc1ccc(C(F)(F)F)cc1.O=[C-]NCC(=O)O.[Fm]. The zero-order valence-electron chi connectivity index (χ0n) is 9.70. The Hall–Kier alpha value is -3.05. The fourth-order valence-electron chi connectivity index (χ4n) is 0.854. The fraction of sp³-hybridized carbons (Fsp3) is 0.273. The molecule has 0 heterocycles. The zero-order chi connectivity index (χ0) is 14.2. The molecule has 112 valence electrons. The first kappa shape index (κ1) is 18.3. The minimum Gasteiger partial charge on any atom is -0.521 e. The van der Waals surface area contributed by atoms with Crippen molar-refractivity contribution in [1.82, 2.24) is 5.32 Å². The molecule has 0 saturated heterocycles. The molecule has 0 saturated carbocycles. The standard InChI is InChI=1S/C8H7F3.C3H4NO3.Fm/c1-6-2-4-7(5-3-6)8(9,10)11;5-2-4-1-3(6)7;/h2-5H,1H3;1H2,(H,4,5)(H,6,7);/q;-1;. The molecule has 0 aliphatic rings. The van der Waals surface area contributed by atoms with Crippen molar-refractivity contribution in [2.24, 2.45) is 0 Å². The molecule has 8 heteroatoms. The van der Waals surface area contributed by atoms with Gasteiger partial charge in [-0.15, -0.1) is 0 Å². The van der Waals surface area contributed by atoms with E-state index >= 15 is 0 Å². The van der Waals surface area contributed by atoms with Crippen molar-refractivity contribution in [3.63, 3.8) is 0 Å². The van der Waals surface area contributed by atoms with Crippen molar-refractivity contribution < 1.29 is 27.9 Å². The number of aryl methyl sites for hydroxylation is 1. The van der Waals surface area contributed by atoms with Gasteiger partial charge in [0.15, 0.2) is 0 Å². The Labute approximate surface area is 101 Å². The van der Waals surface area contributed by atoms with E-state index in [9.17, 15) is 22.8 Å². The van der Waals surface area contributed by atoms with Crippen LogP contribution in [-0.4, -0.2) is 24.0 Å². The van der Waals surface area contributed by atoms with Crippen LogP contribution in [0.2, 0.25) is 0 Å². The summed E-state index contributed by atoms with van der Waals surface area (Å²) in [4.78, 5) is 18.7. The van der Waals surface area contributed by atoms with Crippen molar-refractivity contribution >= 4 is 12.4 Å². The summed E-state index contributed by atoms with van der Waals surface area (Å²) in [5, 5.41) is 9.65. The van der Waals surface area contributed by atoms with Crippen LogP contribution in [0.15, 0.2) is 24.3 Å². The Bertz CT molecular complexity index is 393. The Morgan fingerprint density at radius 1 is 1.32 bits per heavy atom. The molecule has 1 aromatic rings. The van der Waals surface area contributed by atoms with Crippen molar-refractivity contribution in [3.8, 4) is 0 Å². The van der Waals surface area contributed by atoms with Crippen LogP contribution in [0, 0.1) is 6.92 Å². The third kappa shape index (κ3) is 8.73. The van der Waals surface area contributed by atoms with Crippen LogP contribution in [0.5, 0.6) is 0 Å². The first-order chi connectivity index (χ1) is 8.27. The van der Waals surface area contributed by atoms with Gasteiger partial charge < -0.3 is 15.2 Å². The van der Waals surface area contributed by atoms with Gasteiger partial charge in [0, 0.05) is 0 Å². The van der Waals surface area contributed by atoms with Crippen LogP contribution in [0.1, 0.15) is 11.1 Å². The van der Waals surface area contributed by atoms with Gasteiger partial charge in [0.2, 0.25) is 0 Å². The number of carbonyl (C=O) groups excluding carboxylic acids is 1. The van der Waals surface area contributed by atoms with E-state index < -0.39 is 17.7 Å². The molecular weight excluding hydrogens is 508 g/mol. The Kier molecular flexibility index (Phi) is 7.81. The second-order valence-corrected chi connectivity index (χ2v) is 3.21. The van der Waals surface area contributed by atoms with Gasteiger partial charge in [-0.1, -0.05) is 17.7 Å². The van der Waals surface area contributed by atoms with E-state index in [0.717, 1.165) is 17.7 Å². The fourth-order valence-corrected chi connectivity index (χ4v) is 0.854. The zero-order valence-corrected chi connectivity index (χ0v) is 12.1. The second kappa shape index (κ2) is 8.10. The summed E-state index contributed by atoms with van der Waals surface area (Å²) < 4.78 is 35.8. The maximum atomic E-state index is 11.9. The first-order valence-electron chi connectivity index (χ1n) is 4.73. The molecule has 0 atom stereocenters. The quantitative estimate of drug-likeness (QED) is 0.473. The number of halogens is 3. The van der Waals surface area contributed by atoms with Crippen LogP contribution in [0.3, 0.4) is 0 Å². The molecule has 0 aromatic heterocycles. The molecule has 0 bridgehead atoms. The Morgan fingerprint density at radius 3 is 2.05 bits per heavy atom. The van der Waals surface area contributed by atoms with Gasteiger partial charge in [0.25, 0.3) is 0 Å². The number of aliphatic carboxylic acids is 1. The van der Waals surface area contributed by atoms with Crippen LogP contribution in [-0.2, 0) is 15.8 Å². The van der Waals surface area contributed by atoms with Gasteiger partial charge in [0.05, 0.1) is 12.1 Å². The molecule has 19 heavy (non-hydrogen) atoms. The van der Waals surface area contributed by atoms with E-state index in [1.807, 2.05) is 5.32 Å². The number of rotatable bonds is 3. The van der Waals surface area contributed by atoms with Crippen molar-refractivity contribution in [1.29, 1.82) is 0 Å². The number of hydrogen-bond donors (Lipinski definition) is 2. The maximum Gasteiger partial charge on any atom is 0.416 e. The smallest absolute Gasteiger partial charge is 0.416 e. The molecule has 1 rings (SSSR count). The van der Waals surface area contributed by atoms with Gasteiger partial charge in [-0.2, -0.15) is 19.6 Å². The van der Waals surface area contributed by atoms with E-state index in [0.29, 0.717) is 0 Å². The number of carboxylic acid groups (broad SMARTS) is 1. The monoisotopic (exact) mass is 519 g/mol. The van der Waals surface area contributed by atoms with Gasteiger partial charge in [-0.05, 0) is 19.1 Å². The van der Waals surface area contributed by atoms with Crippen molar-refractivity contribution in [3.05, 3.63) is 35.4 Å². The van der Waals surface area contributed by atoms with Crippen LogP contribution in [0.25, 0.3) is 0 Å². The molecular formula is C11H11F3FmNO3-. The van der Waals surface area contributed by atoms with Crippen LogP contribution >= 0.6 is 0 Å².